The van der Waals surface area contributed by atoms with Gasteiger partial charge in [-0.3, -0.25) is 0 Å². The number of anilines is 1. The number of fused-ring (bicyclic) bond motifs is 1. The maximum absolute atomic E-state index is 6.08. The van der Waals surface area contributed by atoms with Gasteiger partial charge in [-0.25, -0.2) is 0 Å². The van der Waals surface area contributed by atoms with Crippen LogP contribution >= 0.6 is 22.9 Å². The van der Waals surface area contributed by atoms with Gasteiger partial charge in [-0.15, -0.1) is 15.3 Å². The Balaban J connectivity index is 1.56. The van der Waals surface area contributed by atoms with Gasteiger partial charge in [0.05, 0.1) is 6.10 Å². The highest BCUT2D eigenvalue weighted by molar-refractivity contribution is 7.08. The number of aromatic nitrogens is 4. The molecule has 26 heavy (non-hydrogen) atoms. The highest BCUT2D eigenvalue weighted by Crippen LogP contribution is 2.23. The second kappa shape index (κ2) is 7.41. The van der Waals surface area contributed by atoms with Crippen molar-refractivity contribution >= 4 is 34.4 Å². The van der Waals surface area contributed by atoms with Crippen LogP contribution in [0.25, 0.3) is 17.0 Å². The summed E-state index contributed by atoms with van der Waals surface area (Å²) in [6, 6.07) is 13.4. The van der Waals surface area contributed by atoms with E-state index >= 15 is 0 Å². The van der Waals surface area contributed by atoms with Crippen LogP contribution in [0.2, 0.25) is 5.02 Å². The zero-order chi connectivity index (χ0) is 17.9. The molecule has 0 saturated heterocycles. The van der Waals surface area contributed by atoms with Crippen molar-refractivity contribution in [3.63, 3.8) is 0 Å². The van der Waals surface area contributed by atoms with Crippen molar-refractivity contribution in [2.24, 2.45) is 0 Å². The van der Waals surface area contributed by atoms with Crippen molar-refractivity contribution in [3.8, 4) is 11.4 Å². The molecule has 3 aromatic heterocycles. The summed E-state index contributed by atoms with van der Waals surface area (Å²) < 4.78 is 7.33. The van der Waals surface area contributed by atoms with Crippen molar-refractivity contribution in [2.45, 2.75) is 6.10 Å². The predicted molar refractivity (Wildman–Crippen MR) is 104 cm³/mol. The van der Waals surface area contributed by atoms with Gasteiger partial charge >= 0.3 is 0 Å². The SMILES string of the molecule is COC(CNc1ccc2nnc(-c3ccsc3)n2n1)c1cccc(Cl)c1. The monoisotopic (exact) mass is 385 g/mol. The fraction of sp³-hybridized carbons (Fsp3) is 0.167. The van der Waals surface area contributed by atoms with E-state index in [9.17, 15) is 0 Å². The summed E-state index contributed by atoms with van der Waals surface area (Å²) in [5.74, 6) is 1.45. The minimum atomic E-state index is -0.136. The molecule has 0 radical (unpaired) electrons. The van der Waals surface area contributed by atoms with E-state index in [1.165, 1.54) is 0 Å². The normalized spacial score (nSPS) is 12.4. The maximum atomic E-state index is 6.08. The lowest BCUT2D eigenvalue weighted by Gasteiger charge is -2.17. The average Bonchev–Trinajstić information content (AvgIpc) is 3.31. The Morgan fingerprint density at radius 1 is 1.23 bits per heavy atom. The lowest BCUT2D eigenvalue weighted by molar-refractivity contribution is 0.114. The molecule has 1 unspecified atom stereocenters. The van der Waals surface area contributed by atoms with Gasteiger partial charge in [-0.2, -0.15) is 15.9 Å². The Kier molecular flexibility index (Phi) is 4.83. The van der Waals surface area contributed by atoms with Gasteiger partial charge in [0.2, 0.25) is 0 Å². The van der Waals surface area contributed by atoms with E-state index < -0.39 is 0 Å². The first-order chi connectivity index (χ1) is 12.7. The molecule has 132 valence electrons. The second-order valence-corrected chi connectivity index (χ2v) is 6.90. The van der Waals surface area contributed by atoms with Crippen molar-refractivity contribution in [2.75, 3.05) is 19.0 Å². The van der Waals surface area contributed by atoms with Crippen LogP contribution in [-0.4, -0.2) is 33.5 Å². The summed E-state index contributed by atoms with van der Waals surface area (Å²) in [5, 5.41) is 21.1. The van der Waals surface area contributed by atoms with Gasteiger partial charge in [0, 0.05) is 29.6 Å². The smallest absolute Gasteiger partial charge is 0.186 e. The van der Waals surface area contributed by atoms with Crippen molar-refractivity contribution in [1.82, 2.24) is 19.8 Å². The molecule has 0 bridgehead atoms. The van der Waals surface area contributed by atoms with Crippen LogP contribution in [0.1, 0.15) is 11.7 Å². The van der Waals surface area contributed by atoms with Crippen LogP contribution in [0.15, 0.2) is 53.2 Å². The van der Waals surface area contributed by atoms with Crippen LogP contribution in [0.4, 0.5) is 5.82 Å². The van der Waals surface area contributed by atoms with Crippen LogP contribution in [0.5, 0.6) is 0 Å². The summed E-state index contributed by atoms with van der Waals surface area (Å²) in [7, 11) is 1.68. The molecule has 8 heteroatoms. The molecule has 0 aliphatic rings. The molecular formula is C18H16ClN5OS. The highest BCUT2D eigenvalue weighted by atomic mass is 35.5. The third kappa shape index (κ3) is 3.41. The van der Waals surface area contributed by atoms with Crippen molar-refractivity contribution in [1.29, 1.82) is 0 Å². The van der Waals surface area contributed by atoms with Crippen LogP contribution in [-0.2, 0) is 4.74 Å². The number of ether oxygens (including phenoxy) is 1. The molecule has 1 N–H and O–H groups in total. The number of rotatable bonds is 6. The first-order valence-corrected chi connectivity index (χ1v) is 9.34. The Bertz CT molecular complexity index is 1020. The van der Waals surface area contributed by atoms with E-state index in [0.717, 1.165) is 22.8 Å². The molecular weight excluding hydrogens is 370 g/mol. The summed E-state index contributed by atoms with van der Waals surface area (Å²) in [6.45, 7) is 0.561. The minimum absolute atomic E-state index is 0.136. The molecule has 0 amide bonds. The molecule has 1 aromatic carbocycles. The largest absolute Gasteiger partial charge is 0.375 e. The molecule has 0 aliphatic heterocycles. The van der Waals surface area contributed by atoms with E-state index in [1.807, 2.05) is 53.2 Å². The lowest BCUT2D eigenvalue weighted by Crippen LogP contribution is -2.15. The molecule has 0 fully saturated rings. The molecule has 3 heterocycles. The van der Waals surface area contributed by atoms with Crippen LogP contribution in [0.3, 0.4) is 0 Å². The van der Waals surface area contributed by atoms with E-state index in [-0.39, 0.29) is 6.10 Å². The number of nitrogens with one attached hydrogen (secondary N) is 1. The van der Waals surface area contributed by atoms with E-state index in [0.29, 0.717) is 17.2 Å². The summed E-state index contributed by atoms with van der Waals surface area (Å²) >= 11 is 7.69. The van der Waals surface area contributed by atoms with Crippen molar-refractivity contribution in [3.05, 3.63) is 63.8 Å². The molecule has 6 nitrogen and oxygen atoms in total. The van der Waals surface area contributed by atoms with Crippen LogP contribution < -0.4 is 5.32 Å². The van der Waals surface area contributed by atoms with Gasteiger partial charge in [0.15, 0.2) is 11.5 Å². The molecule has 4 aromatic rings. The molecule has 0 spiro atoms. The second-order valence-electron chi connectivity index (χ2n) is 5.68. The van der Waals surface area contributed by atoms with E-state index in [1.54, 1.807) is 23.0 Å². The lowest BCUT2D eigenvalue weighted by atomic mass is 10.1. The van der Waals surface area contributed by atoms with Gasteiger partial charge in [-0.05, 0) is 41.3 Å². The molecule has 0 aliphatic carbocycles. The Hall–Kier alpha value is -2.48. The summed E-state index contributed by atoms with van der Waals surface area (Å²) in [4.78, 5) is 0. The Labute approximate surface area is 159 Å². The first-order valence-electron chi connectivity index (χ1n) is 8.02. The quantitative estimate of drug-likeness (QED) is 0.536. The van der Waals surface area contributed by atoms with Gasteiger partial charge in [0.1, 0.15) is 5.82 Å². The topological polar surface area (TPSA) is 64.3 Å². The van der Waals surface area contributed by atoms with E-state index in [4.69, 9.17) is 16.3 Å². The van der Waals surface area contributed by atoms with E-state index in [2.05, 4.69) is 20.6 Å². The minimum Gasteiger partial charge on any atom is -0.375 e. The molecule has 1 atom stereocenters. The first kappa shape index (κ1) is 17.0. The highest BCUT2D eigenvalue weighted by Gasteiger charge is 2.13. The van der Waals surface area contributed by atoms with Crippen LogP contribution in [0, 0.1) is 0 Å². The number of thiophene rings is 1. The number of methoxy groups -OCH3 is 1. The van der Waals surface area contributed by atoms with Gasteiger partial charge in [-0.1, -0.05) is 23.7 Å². The van der Waals surface area contributed by atoms with Gasteiger partial charge in [0.25, 0.3) is 0 Å². The van der Waals surface area contributed by atoms with Crippen molar-refractivity contribution < 1.29 is 4.74 Å². The number of halogens is 1. The zero-order valence-corrected chi connectivity index (χ0v) is 15.5. The Morgan fingerprint density at radius 2 is 2.15 bits per heavy atom. The number of hydrogen-bond acceptors (Lipinski definition) is 6. The molecule has 4 rings (SSSR count). The van der Waals surface area contributed by atoms with Gasteiger partial charge < -0.3 is 10.1 Å². The fourth-order valence-corrected chi connectivity index (χ4v) is 3.53. The number of nitrogens with zero attached hydrogens (tertiary/aromatic N) is 4. The predicted octanol–water partition coefficient (Wildman–Crippen LogP) is 4.31. The number of hydrogen-bond donors (Lipinski definition) is 1. The third-order valence-corrected chi connectivity index (χ3v) is 4.93. The zero-order valence-electron chi connectivity index (χ0n) is 14.0. The number of benzene rings is 1. The summed E-state index contributed by atoms with van der Waals surface area (Å²) in [6.07, 6.45) is -0.136. The Morgan fingerprint density at radius 3 is 2.92 bits per heavy atom. The maximum Gasteiger partial charge on any atom is 0.186 e. The molecule has 0 saturated carbocycles. The third-order valence-electron chi connectivity index (χ3n) is 4.02. The standard InChI is InChI=1S/C18H16ClN5OS/c1-25-15(12-3-2-4-14(19)9-12)10-20-16-5-6-17-21-22-18(24(17)23-16)13-7-8-26-11-13/h2-9,11,15H,10H2,1H3,(H,20,23). The average molecular weight is 386 g/mol. The fourth-order valence-electron chi connectivity index (χ4n) is 2.70. The summed E-state index contributed by atoms with van der Waals surface area (Å²) in [5.41, 5.74) is 2.72.